The monoisotopic (exact) mass is 494 g/mol. The van der Waals surface area contributed by atoms with Gasteiger partial charge in [0.05, 0.1) is 5.75 Å². The van der Waals surface area contributed by atoms with Crippen LogP contribution in [0.1, 0.15) is 49.9 Å². The van der Waals surface area contributed by atoms with E-state index in [1.165, 1.54) is 16.7 Å². The van der Waals surface area contributed by atoms with Crippen LogP contribution >= 0.6 is 35.0 Å². The molecule has 32 heavy (non-hydrogen) atoms. The van der Waals surface area contributed by atoms with Gasteiger partial charge in [-0.2, -0.15) is 0 Å². The first kappa shape index (κ1) is 26.6. The van der Waals surface area contributed by atoms with Gasteiger partial charge in [-0.3, -0.25) is 9.59 Å². The molecule has 0 unspecified atom stereocenters. The summed E-state index contributed by atoms with van der Waals surface area (Å²) in [4.78, 5) is 27.6. The molecule has 0 aromatic heterocycles. The van der Waals surface area contributed by atoms with E-state index in [1.807, 2.05) is 20.8 Å². The lowest BCUT2D eigenvalue weighted by Gasteiger charge is -2.31. The van der Waals surface area contributed by atoms with Gasteiger partial charge in [-0.1, -0.05) is 58.6 Å². The largest absolute Gasteiger partial charge is 0.350 e. The fourth-order valence-corrected chi connectivity index (χ4v) is 4.69. The zero-order chi connectivity index (χ0) is 24.1. The van der Waals surface area contributed by atoms with Crippen molar-refractivity contribution in [1.29, 1.82) is 0 Å². The molecule has 0 radical (unpaired) electrons. The number of carbonyl (C=O) groups is 2. The van der Waals surface area contributed by atoms with E-state index in [1.54, 1.807) is 41.8 Å². The maximum Gasteiger partial charge on any atom is 0.242 e. The Bertz CT molecular complexity index is 953. The lowest BCUT2D eigenvalue weighted by molar-refractivity contribution is -0.139. The molecule has 0 aliphatic rings. The van der Waals surface area contributed by atoms with Crippen molar-refractivity contribution in [3.63, 3.8) is 0 Å². The molecule has 2 amide bonds. The Morgan fingerprint density at radius 3 is 2.25 bits per heavy atom. The summed E-state index contributed by atoms with van der Waals surface area (Å²) in [6.07, 6.45) is 0. The molecule has 2 aromatic rings. The molecule has 4 nitrogen and oxygen atoms in total. The van der Waals surface area contributed by atoms with E-state index in [4.69, 9.17) is 23.2 Å². The topological polar surface area (TPSA) is 49.4 Å². The highest BCUT2D eigenvalue weighted by molar-refractivity contribution is 7.99. The SMILES string of the molecule is Cc1cc(C)cc(CSCC(=O)N(Cc2ccc(Cl)cc2Cl)[C@@H](C)C(=O)NC(C)(C)C)c1. The summed E-state index contributed by atoms with van der Waals surface area (Å²) in [5.74, 6) is 0.690. The van der Waals surface area contributed by atoms with Crippen molar-refractivity contribution in [3.05, 3.63) is 68.7 Å². The number of nitrogens with one attached hydrogen (secondary N) is 1. The molecular weight excluding hydrogens is 463 g/mol. The summed E-state index contributed by atoms with van der Waals surface area (Å²) in [5, 5.41) is 3.97. The van der Waals surface area contributed by atoms with Gasteiger partial charge in [0.25, 0.3) is 0 Å². The Hall–Kier alpha value is -1.69. The predicted molar refractivity (Wildman–Crippen MR) is 136 cm³/mol. The normalized spacial score (nSPS) is 12.4. The van der Waals surface area contributed by atoms with Crippen molar-refractivity contribution in [2.24, 2.45) is 0 Å². The zero-order valence-corrected chi connectivity index (χ0v) is 21.9. The van der Waals surface area contributed by atoms with Crippen LogP contribution in [0.25, 0.3) is 0 Å². The minimum Gasteiger partial charge on any atom is -0.350 e. The average molecular weight is 496 g/mol. The summed E-state index contributed by atoms with van der Waals surface area (Å²) in [7, 11) is 0. The van der Waals surface area contributed by atoms with Gasteiger partial charge >= 0.3 is 0 Å². The molecule has 0 saturated heterocycles. The van der Waals surface area contributed by atoms with E-state index < -0.39 is 11.6 Å². The number of nitrogens with zero attached hydrogens (tertiary/aromatic N) is 1. The van der Waals surface area contributed by atoms with Gasteiger partial charge in [-0.15, -0.1) is 11.8 Å². The number of carbonyl (C=O) groups excluding carboxylic acids is 2. The summed E-state index contributed by atoms with van der Waals surface area (Å²) >= 11 is 13.9. The first-order valence-corrected chi connectivity index (χ1v) is 12.5. The number of rotatable bonds is 8. The van der Waals surface area contributed by atoms with E-state index >= 15 is 0 Å². The Balaban J connectivity index is 2.16. The third-order valence-electron chi connectivity index (χ3n) is 4.80. The molecule has 0 bridgehead atoms. The van der Waals surface area contributed by atoms with Crippen molar-refractivity contribution in [2.45, 2.75) is 65.4 Å². The molecule has 174 valence electrons. The summed E-state index contributed by atoms with van der Waals surface area (Å²) < 4.78 is 0. The Labute approximate surface area is 206 Å². The van der Waals surface area contributed by atoms with Crippen LogP contribution in [0.3, 0.4) is 0 Å². The predicted octanol–water partition coefficient (Wildman–Crippen LogP) is 6.18. The zero-order valence-electron chi connectivity index (χ0n) is 19.6. The molecule has 0 aliphatic heterocycles. The van der Waals surface area contributed by atoms with Crippen LogP contribution in [0.15, 0.2) is 36.4 Å². The van der Waals surface area contributed by atoms with Crippen LogP contribution in [0, 0.1) is 13.8 Å². The third-order valence-corrected chi connectivity index (χ3v) is 6.37. The number of hydrogen-bond acceptors (Lipinski definition) is 3. The van der Waals surface area contributed by atoms with E-state index in [0.29, 0.717) is 10.0 Å². The van der Waals surface area contributed by atoms with E-state index in [0.717, 1.165) is 11.3 Å². The molecule has 0 aliphatic carbocycles. The number of aryl methyl sites for hydroxylation is 2. The van der Waals surface area contributed by atoms with Gasteiger partial charge in [0.2, 0.25) is 11.8 Å². The van der Waals surface area contributed by atoms with Crippen molar-refractivity contribution in [1.82, 2.24) is 10.2 Å². The second kappa shape index (κ2) is 11.4. The van der Waals surface area contributed by atoms with Crippen molar-refractivity contribution >= 4 is 46.8 Å². The number of amides is 2. The van der Waals surface area contributed by atoms with Gasteiger partial charge in [-0.25, -0.2) is 0 Å². The van der Waals surface area contributed by atoms with Gasteiger partial charge < -0.3 is 10.2 Å². The van der Waals surface area contributed by atoms with E-state index in [9.17, 15) is 9.59 Å². The molecule has 0 heterocycles. The Morgan fingerprint density at radius 2 is 1.69 bits per heavy atom. The molecule has 0 saturated carbocycles. The van der Waals surface area contributed by atoms with Gasteiger partial charge in [0.1, 0.15) is 6.04 Å². The highest BCUT2D eigenvalue weighted by atomic mass is 35.5. The maximum atomic E-state index is 13.2. The van der Waals surface area contributed by atoms with Crippen LogP contribution in [-0.4, -0.2) is 34.0 Å². The lowest BCUT2D eigenvalue weighted by atomic mass is 10.1. The number of halogens is 2. The lowest BCUT2D eigenvalue weighted by Crippen LogP contribution is -2.52. The highest BCUT2D eigenvalue weighted by Gasteiger charge is 2.28. The highest BCUT2D eigenvalue weighted by Crippen LogP contribution is 2.24. The Morgan fingerprint density at radius 1 is 1.06 bits per heavy atom. The van der Waals surface area contributed by atoms with Crippen LogP contribution in [-0.2, 0) is 21.9 Å². The standard InChI is InChI=1S/C25H32Cl2N2O2S/c1-16-9-17(2)11-19(10-16)14-32-15-23(30)29(18(3)24(31)28-25(4,5)6)13-20-7-8-21(26)12-22(20)27/h7-12,18H,13-15H2,1-6H3,(H,28,31)/t18-/m0/s1. The first-order valence-electron chi connectivity index (χ1n) is 10.6. The molecule has 0 fully saturated rings. The second-order valence-electron chi connectivity index (χ2n) is 9.16. The Kier molecular flexibility index (Phi) is 9.50. The van der Waals surface area contributed by atoms with Crippen molar-refractivity contribution in [2.75, 3.05) is 5.75 Å². The molecule has 0 spiro atoms. The van der Waals surface area contributed by atoms with Gasteiger partial charge in [0.15, 0.2) is 0 Å². The molecule has 7 heteroatoms. The van der Waals surface area contributed by atoms with Crippen LogP contribution < -0.4 is 5.32 Å². The van der Waals surface area contributed by atoms with E-state index in [2.05, 4.69) is 37.4 Å². The first-order chi connectivity index (χ1) is 14.9. The smallest absolute Gasteiger partial charge is 0.242 e. The quantitative estimate of drug-likeness (QED) is 0.476. The minimum absolute atomic E-state index is 0.109. The van der Waals surface area contributed by atoms with Crippen molar-refractivity contribution in [3.8, 4) is 0 Å². The van der Waals surface area contributed by atoms with Crippen molar-refractivity contribution < 1.29 is 9.59 Å². The molecule has 2 aromatic carbocycles. The second-order valence-corrected chi connectivity index (χ2v) is 11.0. The van der Waals surface area contributed by atoms with Gasteiger partial charge in [0, 0.05) is 27.9 Å². The third kappa shape index (κ3) is 8.34. The fraction of sp³-hybridized carbons (Fsp3) is 0.440. The van der Waals surface area contributed by atoms with Crippen LogP contribution in [0.2, 0.25) is 10.0 Å². The van der Waals surface area contributed by atoms with Crippen LogP contribution in [0.5, 0.6) is 0 Å². The summed E-state index contributed by atoms with van der Waals surface area (Å²) in [6.45, 7) is 11.9. The summed E-state index contributed by atoms with van der Waals surface area (Å²) in [6, 6.07) is 10.9. The van der Waals surface area contributed by atoms with Crippen LogP contribution in [0.4, 0.5) is 0 Å². The number of benzene rings is 2. The average Bonchev–Trinajstić information content (AvgIpc) is 2.64. The maximum absolute atomic E-state index is 13.2. The number of thioether (sulfide) groups is 1. The molecule has 1 N–H and O–H groups in total. The minimum atomic E-state index is -0.643. The molecular formula is C25H32Cl2N2O2S. The molecule has 2 rings (SSSR count). The van der Waals surface area contributed by atoms with Gasteiger partial charge in [-0.05, 0) is 64.8 Å². The number of hydrogen-bond donors (Lipinski definition) is 1. The van der Waals surface area contributed by atoms with E-state index in [-0.39, 0.29) is 24.1 Å². The summed E-state index contributed by atoms with van der Waals surface area (Å²) in [5.41, 5.74) is 3.96. The molecule has 1 atom stereocenters. The fourth-order valence-electron chi connectivity index (χ4n) is 3.38.